The molecular weight excluding hydrogens is 610 g/mol. The van der Waals surface area contributed by atoms with E-state index in [2.05, 4.69) is 20.3 Å². The quantitative estimate of drug-likeness (QED) is 0.248. The predicted molar refractivity (Wildman–Crippen MR) is 175 cm³/mol. The van der Waals surface area contributed by atoms with Crippen LogP contribution in [0.2, 0.25) is 0 Å². The number of aryl methyl sites for hydroxylation is 2. The number of fused-ring (bicyclic) bond motifs is 1. The zero-order valence-electron chi connectivity index (χ0n) is 27.2. The lowest BCUT2D eigenvalue weighted by molar-refractivity contribution is -0.144. The number of sulfonamides is 1. The summed E-state index contributed by atoms with van der Waals surface area (Å²) in [6.07, 6.45) is 5.13. The van der Waals surface area contributed by atoms with Gasteiger partial charge < -0.3 is 19.8 Å². The molecule has 1 unspecified atom stereocenters. The molecular formula is C32H47N7O6S. The zero-order chi connectivity index (χ0) is 32.7. The summed E-state index contributed by atoms with van der Waals surface area (Å²) in [6.45, 7) is 9.54. The highest BCUT2D eigenvalue weighted by Crippen LogP contribution is 2.34. The second kappa shape index (κ2) is 15.5. The van der Waals surface area contributed by atoms with Gasteiger partial charge in [-0.05, 0) is 44.2 Å². The van der Waals surface area contributed by atoms with Gasteiger partial charge in [0.25, 0.3) is 5.56 Å². The maximum absolute atomic E-state index is 14.1. The van der Waals surface area contributed by atoms with E-state index in [9.17, 15) is 18.0 Å². The van der Waals surface area contributed by atoms with Crippen LogP contribution in [0.3, 0.4) is 0 Å². The molecule has 1 aromatic carbocycles. The summed E-state index contributed by atoms with van der Waals surface area (Å²) in [4.78, 5) is 35.7. The van der Waals surface area contributed by atoms with Crippen molar-refractivity contribution < 1.29 is 22.7 Å². The molecule has 0 saturated carbocycles. The SMILES string of the molecule is CCCOc1cc(S(=O)(=O)N2CCCCC2CCC(=O)OCCN2CCNCC2)ccc1-c1nc2c(CCC)nn(C)c2c(=O)[nH]1. The van der Waals surface area contributed by atoms with E-state index < -0.39 is 10.0 Å². The third-order valence-electron chi connectivity index (χ3n) is 8.66. The molecule has 0 amide bonds. The third kappa shape index (κ3) is 7.79. The fourth-order valence-electron chi connectivity index (χ4n) is 6.26. The number of nitrogens with one attached hydrogen (secondary N) is 2. The molecule has 2 aliphatic heterocycles. The van der Waals surface area contributed by atoms with Gasteiger partial charge in [-0.2, -0.15) is 9.40 Å². The highest BCUT2D eigenvalue weighted by Gasteiger charge is 2.34. The van der Waals surface area contributed by atoms with Crippen LogP contribution >= 0.6 is 0 Å². The average Bonchev–Trinajstić information content (AvgIpc) is 3.38. The molecule has 252 valence electrons. The summed E-state index contributed by atoms with van der Waals surface area (Å²) in [7, 11) is -2.19. The Morgan fingerprint density at radius 1 is 1.09 bits per heavy atom. The normalized spacial score (nSPS) is 18.2. The molecule has 0 spiro atoms. The second-order valence-electron chi connectivity index (χ2n) is 12.1. The Labute approximate surface area is 270 Å². The molecule has 2 fully saturated rings. The van der Waals surface area contributed by atoms with Gasteiger partial charge in [-0.1, -0.05) is 26.7 Å². The van der Waals surface area contributed by atoms with Gasteiger partial charge in [0.2, 0.25) is 10.0 Å². The van der Waals surface area contributed by atoms with Crippen molar-refractivity contribution in [2.75, 3.05) is 52.5 Å². The topological polar surface area (TPSA) is 152 Å². The zero-order valence-corrected chi connectivity index (χ0v) is 28.0. The van der Waals surface area contributed by atoms with Crippen LogP contribution in [0, 0.1) is 0 Å². The molecule has 14 heteroatoms. The van der Waals surface area contributed by atoms with E-state index in [4.69, 9.17) is 14.5 Å². The van der Waals surface area contributed by atoms with Crippen LogP contribution in [0.15, 0.2) is 27.9 Å². The van der Waals surface area contributed by atoms with E-state index in [-0.39, 0.29) is 28.9 Å². The predicted octanol–water partition coefficient (Wildman–Crippen LogP) is 2.84. The summed E-state index contributed by atoms with van der Waals surface area (Å²) in [5, 5.41) is 7.80. The monoisotopic (exact) mass is 657 g/mol. The van der Waals surface area contributed by atoms with Gasteiger partial charge in [0.15, 0.2) is 5.52 Å². The van der Waals surface area contributed by atoms with E-state index >= 15 is 0 Å². The molecule has 0 radical (unpaired) electrons. The smallest absolute Gasteiger partial charge is 0.305 e. The Kier molecular flexibility index (Phi) is 11.5. The first kappa shape index (κ1) is 34.0. The number of piperazine rings is 1. The Morgan fingerprint density at radius 3 is 2.65 bits per heavy atom. The van der Waals surface area contributed by atoms with Crippen molar-refractivity contribution in [2.24, 2.45) is 7.05 Å². The van der Waals surface area contributed by atoms with Crippen LogP contribution in [0.4, 0.5) is 0 Å². The van der Waals surface area contributed by atoms with Gasteiger partial charge in [-0.25, -0.2) is 13.4 Å². The number of nitrogens with zero attached hydrogens (tertiary/aromatic N) is 5. The van der Waals surface area contributed by atoms with Gasteiger partial charge in [0, 0.05) is 64.8 Å². The molecule has 0 bridgehead atoms. The van der Waals surface area contributed by atoms with E-state index in [1.807, 2.05) is 13.8 Å². The number of benzene rings is 1. The van der Waals surface area contributed by atoms with E-state index in [1.54, 1.807) is 23.9 Å². The average molecular weight is 658 g/mol. The number of carbonyl (C=O) groups excluding carboxylic acids is 1. The summed E-state index contributed by atoms with van der Waals surface area (Å²) >= 11 is 0. The number of aromatic amines is 1. The fourth-order valence-corrected chi connectivity index (χ4v) is 8.00. The largest absolute Gasteiger partial charge is 0.493 e. The number of aromatic nitrogens is 4. The minimum Gasteiger partial charge on any atom is -0.493 e. The summed E-state index contributed by atoms with van der Waals surface area (Å²) in [5.74, 6) is 0.323. The highest BCUT2D eigenvalue weighted by molar-refractivity contribution is 7.89. The number of ether oxygens (including phenoxy) is 2. The molecule has 2 N–H and O–H groups in total. The van der Waals surface area contributed by atoms with Gasteiger partial charge >= 0.3 is 5.97 Å². The molecule has 5 rings (SSSR count). The number of esters is 1. The number of hydrogen-bond acceptors (Lipinski definition) is 10. The minimum absolute atomic E-state index is 0.101. The first-order valence-electron chi connectivity index (χ1n) is 16.6. The van der Waals surface area contributed by atoms with Crippen molar-refractivity contribution in [2.45, 2.75) is 76.2 Å². The third-order valence-corrected chi connectivity index (χ3v) is 10.6. The Hall–Kier alpha value is -3.33. The van der Waals surface area contributed by atoms with Crippen molar-refractivity contribution in [3.05, 3.63) is 34.2 Å². The Morgan fingerprint density at radius 2 is 1.89 bits per heavy atom. The maximum atomic E-state index is 14.1. The van der Waals surface area contributed by atoms with Crippen molar-refractivity contribution in [1.29, 1.82) is 0 Å². The van der Waals surface area contributed by atoms with Gasteiger partial charge in [0.05, 0.1) is 22.8 Å². The molecule has 4 heterocycles. The van der Waals surface area contributed by atoms with E-state index in [1.165, 1.54) is 10.4 Å². The van der Waals surface area contributed by atoms with E-state index in [0.717, 1.165) is 51.1 Å². The van der Waals surface area contributed by atoms with Crippen LogP contribution < -0.4 is 15.6 Å². The fraction of sp³-hybridized carbons (Fsp3) is 0.625. The lowest BCUT2D eigenvalue weighted by atomic mass is 10.0. The number of hydrogen-bond donors (Lipinski definition) is 2. The first-order valence-corrected chi connectivity index (χ1v) is 18.0. The standard InChI is InChI=1S/C32H47N7O6S/c1-4-8-26-29-30(37(3)36-26)32(41)35-31(34-29)25-12-11-24(22-27(25)44-20-5-2)46(42,43)39-16-7-6-9-23(39)10-13-28(40)45-21-19-38-17-14-33-15-18-38/h11-12,22-23,33H,4-10,13-21H2,1-3H3,(H,34,35,41). The van der Waals surface area contributed by atoms with Crippen LogP contribution in [0.1, 0.15) is 64.5 Å². The number of carbonyl (C=O) groups is 1. The molecule has 1 atom stereocenters. The molecule has 2 aromatic heterocycles. The Balaban J connectivity index is 1.35. The molecule has 0 aliphatic carbocycles. The van der Waals surface area contributed by atoms with Crippen molar-refractivity contribution in [1.82, 2.24) is 34.3 Å². The van der Waals surface area contributed by atoms with Crippen molar-refractivity contribution >= 4 is 27.0 Å². The van der Waals surface area contributed by atoms with Crippen LogP contribution in [-0.2, 0) is 33.0 Å². The summed E-state index contributed by atoms with van der Waals surface area (Å²) in [6, 6.07) is 4.41. The minimum atomic E-state index is -3.91. The number of H-pyrrole nitrogens is 1. The Bertz CT molecular complexity index is 1670. The molecule has 3 aromatic rings. The highest BCUT2D eigenvalue weighted by atomic mass is 32.2. The lowest BCUT2D eigenvalue weighted by Crippen LogP contribution is -2.45. The maximum Gasteiger partial charge on any atom is 0.305 e. The van der Waals surface area contributed by atoms with Crippen LogP contribution in [0.5, 0.6) is 5.75 Å². The first-order chi connectivity index (χ1) is 22.2. The van der Waals surface area contributed by atoms with E-state index in [0.29, 0.717) is 80.2 Å². The lowest BCUT2D eigenvalue weighted by Gasteiger charge is -2.34. The molecule has 2 aliphatic rings. The molecule has 46 heavy (non-hydrogen) atoms. The van der Waals surface area contributed by atoms with Crippen molar-refractivity contribution in [3.63, 3.8) is 0 Å². The number of piperidine rings is 1. The second-order valence-corrected chi connectivity index (χ2v) is 13.9. The molecule has 2 saturated heterocycles. The molecule has 13 nitrogen and oxygen atoms in total. The van der Waals surface area contributed by atoms with Gasteiger partial charge in [-0.3, -0.25) is 19.2 Å². The van der Waals surface area contributed by atoms with Crippen LogP contribution in [-0.4, -0.2) is 102 Å². The van der Waals surface area contributed by atoms with Gasteiger partial charge in [0.1, 0.15) is 23.7 Å². The van der Waals surface area contributed by atoms with Gasteiger partial charge in [-0.15, -0.1) is 0 Å². The van der Waals surface area contributed by atoms with Crippen molar-refractivity contribution in [3.8, 4) is 17.1 Å². The summed E-state index contributed by atoms with van der Waals surface area (Å²) < 4.78 is 42.8. The summed E-state index contributed by atoms with van der Waals surface area (Å²) in [5.41, 5.74) is 1.83. The van der Waals surface area contributed by atoms with Crippen LogP contribution in [0.25, 0.3) is 22.4 Å². The number of rotatable bonds is 14.